The summed E-state index contributed by atoms with van der Waals surface area (Å²) in [7, 11) is -2.33. The van der Waals surface area contributed by atoms with E-state index in [1.54, 1.807) is 6.07 Å². The lowest BCUT2D eigenvalue weighted by atomic mass is 10.2. The highest BCUT2D eigenvalue weighted by Crippen LogP contribution is 2.38. The van der Waals surface area contributed by atoms with E-state index in [1.165, 1.54) is 45.2 Å². The Morgan fingerprint density at radius 1 is 1.03 bits per heavy atom. The van der Waals surface area contributed by atoms with Gasteiger partial charge < -0.3 is 15.7 Å². The van der Waals surface area contributed by atoms with Crippen molar-refractivity contribution in [1.29, 1.82) is 0 Å². The molecule has 0 bridgehead atoms. The van der Waals surface area contributed by atoms with Crippen LogP contribution in [0.3, 0.4) is 0 Å². The maximum Gasteiger partial charge on any atom is 0.240 e. The van der Waals surface area contributed by atoms with Crippen molar-refractivity contribution in [3.05, 3.63) is 30.3 Å². The summed E-state index contributed by atoms with van der Waals surface area (Å²) in [6, 6.07) is 7.21. The van der Waals surface area contributed by atoms with E-state index in [1.807, 2.05) is 0 Å². The van der Waals surface area contributed by atoms with Crippen LogP contribution in [-0.2, 0) is 19.6 Å². The topological polar surface area (TPSA) is 162 Å². The maximum absolute atomic E-state index is 12.1. The van der Waals surface area contributed by atoms with Crippen LogP contribution in [0.4, 0.5) is 22.1 Å². The van der Waals surface area contributed by atoms with Crippen LogP contribution in [0.2, 0.25) is 0 Å². The monoisotopic (exact) mass is 462 g/mol. The molecule has 3 aromatic rings. The lowest BCUT2D eigenvalue weighted by Crippen LogP contribution is -2.18. The minimum absolute atomic E-state index is 0.0456. The summed E-state index contributed by atoms with van der Waals surface area (Å²) < 4.78 is 30.6. The third kappa shape index (κ3) is 5.02. The number of carbonyl (C=O) groups excluding carboxylic acids is 2. The van der Waals surface area contributed by atoms with Crippen molar-refractivity contribution in [2.45, 2.75) is 18.7 Å². The molecule has 11 nitrogen and oxygen atoms in total. The fourth-order valence-electron chi connectivity index (χ4n) is 2.61. The van der Waals surface area contributed by atoms with Gasteiger partial charge in [-0.1, -0.05) is 0 Å². The van der Waals surface area contributed by atoms with E-state index in [2.05, 4.69) is 30.0 Å². The highest BCUT2D eigenvalue weighted by molar-refractivity contribution is 7.89. The number of amides is 2. The number of aromatic hydroxyl groups is 1. The minimum Gasteiger partial charge on any atom is -0.504 e. The number of phenolic OH excluding ortho intramolecular Hbond substituents is 1. The molecule has 0 saturated heterocycles. The SMILES string of the molecule is CNS(=O)(=O)c1ccc2nsc(/N=N/c3cc(NC(C)=O)c(O)c(NC(C)=O)c3)c2c1. The molecule has 0 aliphatic heterocycles. The fraction of sp³-hybridized carbons (Fsp3) is 0.167. The number of aromatic nitrogens is 1. The number of hydrogen-bond acceptors (Lipinski definition) is 9. The van der Waals surface area contributed by atoms with E-state index >= 15 is 0 Å². The Morgan fingerprint density at radius 2 is 1.65 bits per heavy atom. The van der Waals surface area contributed by atoms with Crippen LogP contribution in [0.25, 0.3) is 10.9 Å². The lowest BCUT2D eigenvalue weighted by Gasteiger charge is -2.11. The van der Waals surface area contributed by atoms with Gasteiger partial charge in [-0.15, -0.1) is 10.2 Å². The van der Waals surface area contributed by atoms with Crippen molar-refractivity contribution in [2.24, 2.45) is 10.2 Å². The normalized spacial score (nSPS) is 11.7. The second-order valence-electron chi connectivity index (χ2n) is 6.33. The summed E-state index contributed by atoms with van der Waals surface area (Å²) in [5.74, 6) is -1.18. The van der Waals surface area contributed by atoms with Gasteiger partial charge in [0.15, 0.2) is 10.8 Å². The predicted molar refractivity (Wildman–Crippen MR) is 117 cm³/mol. The van der Waals surface area contributed by atoms with E-state index in [0.717, 1.165) is 11.5 Å². The highest BCUT2D eigenvalue weighted by atomic mass is 32.2. The number of nitrogens with zero attached hydrogens (tertiary/aromatic N) is 3. The van der Waals surface area contributed by atoms with Crippen LogP contribution in [0, 0.1) is 0 Å². The summed E-state index contributed by atoms with van der Waals surface area (Å²) in [6.07, 6.45) is 0. The van der Waals surface area contributed by atoms with Gasteiger partial charge in [-0.3, -0.25) is 9.59 Å². The van der Waals surface area contributed by atoms with Crippen LogP contribution < -0.4 is 15.4 Å². The summed E-state index contributed by atoms with van der Waals surface area (Å²) in [5.41, 5.74) is 0.872. The Hall–Kier alpha value is -3.42. The summed E-state index contributed by atoms with van der Waals surface area (Å²) in [4.78, 5) is 22.9. The Bertz CT molecular complexity index is 1280. The Kier molecular flexibility index (Phi) is 6.29. The van der Waals surface area contributed by atoms with Gasteiger partial charge >= 0.3 is 0 Å². The molecule has 162 valence electrons. The molecule has 2 amide bonds. The van der Waals surface area contributed by atoms with Crippen molar-refractivity contribution in [3.63, 3.8) is 0 Å². The van der Waals surface area contributed by atoms with Crippen molar-refractivity contribution in [3.8, 4) is 5.75 Å². The number of benzene rings is 2. The smallest absolute Gasteiger partial charge is 0.240 e. The highest BCUT2D eigenvalue weighted by Gasteiger charge is 2.16. The average Bonchev–Trinajstić information content (AvgIpc) is 3.11. The number of hydrogen-bond donors (Lipinski definition) is 4. The molecule has 0 saturated carbocycles. The molecule has 0 aliphatic rings. The molecule has 31 heavy (non-hydrogen) atoms. The number of anilines is 2. The third-order valence-corrected chi connectivity index (χ3v) is 6.15. The Labute approximate surface area is 181 Å². The van der Waals surface area contributed by atoms with Gasteiger partial charge in [0.05, 0.1) is 27.5 Å². The lowest BCUT2D eigenvalue weighted by molar-refractivity contribution is -0.115. The molecule has 4 N–H and O–H groups in total. The van der Waals surface area contributed by atoms with Gasteiger partial charge in [-0.05, 0) is 48.9 Å². The van der Waals surface area contributed by atoms with E-state index in [9.17, 15) is 23.1 Å². The molecule has 0 unspecified atom stereocenters. The number of rotatable bonds is 6. The molecule has 0 radical (unpaired) electrons. The number of azo groups is 1. The fourth-order valence-corrected chi connectivity index (χ4v) is 4.05. The van der Waals surface area contributed by atoms with E-state index < -0.39 is 21.8 Å². The van der Waals surface area contributed by atoms with Crippen LogP contribution in [0.1, 0.15) is 13.8 Å². The second-order valence-corrected chi connectivity index (χ2v) is 8.96. The third-order valence-electron chi connectivity index (χ3n) is 3.98. The first kappa shape index (κ1) is 22.3. The van der Waals surface area contributed by atoms with E-state index in [-0.39, 0.29) is 27.7 Å². The van der Waals surface area contributed by atoms with Gasteiger partial charge in [0, 0.05) is 19.2 Å². The maximum atomic E-state index is 12.1. The first-order valence-corrected chi connectivity index (χ1v) is 11.0. The van der Waals surface area contributed by atoms with Gasteiger partial charge in [-0.2, -0.15) is 4.37 Å². The summed E-state index contributed by atoms with van der Waals surface area (Å²) in [5, 5.41) is 24.3. The van der Waals surface area contributed by atoms with Crippen LogP contribution in [-0.4, -0.2) is 36.8 Å². The molecule has 1 aromatic heterocycles. The molecular weight excluding hydrogens is 444 g/mol. The number of sulfonamides is 1. The first-order chi connectivity index (χ1) is 14.6. The number of fused-ring (bicyclic) bond motifs is 1. The quantitative estimate of drug-likeness (QED) is 0.325. The van der Waals surface area contributed by atoms with Crippen LogP contribution in [0.15, 0.2) is 45.5 Å². The standard InChI is InChI=1S/C18H18N6O5S2/c1-9(25)20-15-6-11(7-16(17(15)27)21-10(2)26)22-23-18-13-8-12(31(28,29)19-3)4-5-14(13)24-30-18/h4-8,19,27H,1-3H3,(H,20,25)(H,21,26)/b23-22+. The number of nitrogens with one attached hydrogen (secondary N) is 3. The molecule has 2 aromatic carbocycles. The number of phenols is 1. The van der Waals surface area contributed by atoms with Crippen molar-refractivity contribution < 1.29 is 23.1 Å². The predicted octanol–water partition coefficient (Wildman–Crippen LogP) is 3.24. The zero-order chi connectivity index (χ0) is 22.8. The number of carbonyl (C=O) groups is 2. The molecule has 0 spiro atoms. The van der Waals surface area contributed by atoms with Crippen molar-refractivity contribution in [1.82, 2.24) is 9.10 Å². The average molecular weight is 463 g/mol. The molecule has 13 heteroatoms. The molecular formula is C18H18N6O5S2. The molecule has 1 heterocycles. The van der Waals surface area contributed by atoms with Crippen LogP contribution >= 0.6 is 11.5 Å². The first-order valence-electron chi connectivity index (χ1n) is 8.77. The van der Waals surface area contributed by atoms with Crippen LogP contribution in [0.5, 0.6) is 5.75 Å². The molecule has 0 aliphatic carbocycles. The van der Waals surface area contributed by atoms with Gasteiger partial charge in [0.2, 0.25) is 21.8 Å². The van der Waals surface area contributed by atoms with Gasteiger partial charge in [0.25, 0.3) is 0 Å². The van der Waals surface area contributed by atoms with Gasteiger partial charge in [-0.25, -0.2) is 13.1 Å². The van der Waals surface area contributed by atoms with Gasteiger partial charge in [0.1, 0.15) is 0 Å². The summed E-state index contributed by atoms with van der Waals surface area (Å²) in [6.45, 7) is 2.54. The zero-order valence-corrected chi connectivity index (χ0v) is 18.3. The zero-order valence-electron chi connectivity index (χ0n) is 16.6. The van der Waals surface area contributed by atoms with E-state index in [0.29, 0.717) is 15.9 Å². The summed E-state index contributed by atoms with van der Waals surface area (Å²) >= 11 is 1.03. The second kappa shape index (κ2) is 8.75. The Balaban J connectivity index is 2.04. The minimum atomic E-state index is -3.64. The molecule has 0 atom stereocenters. The van der Waals surface area contributed by atoms with Crippen molar-refractivity contribution >= 4 is 66.3 Å². The molecule has 3 rings (SSSR count). The van der Waals surface area contributed by atoms with E-state index in [4.69, 9.17) is 0 Å². The largest absolute Gasteiger partial charge is 0.504 e. The van der Waals surface area contributed by atoms with Crippen molar-refractivity contribution in [2.75, 3.05) is 17.7 Å². The Morgan fingerprint density at radius 3 is 2.19 bits per heavy atom. The molecule has 0 fully saturated rings.